The number of hydrogen-bond donors (Lipinski definition) is 0. The van der Waals surface area contributed by atoms with Crippen molar-refractivity contribution in [3.05, 3.63) is 28.8 Å². The number of piperazine rings is 1. The average molecular weight is 614 g/mol. The first-order valence-corrected chi connectivity index (χ1v) is 16.5. The highest BCUT2D eigenvalue weighted by Crippen LogP contribution is 2.32. The van der Waals surface area contributed by atoms with Gasteiger partial charge in [-0.05, 0) is 90.6 Å². The molecule has 0 radical (unpaired) electrons. The number of nitrogens with zero attached hydrogens (tertiary/aromatic N) is 4. The van der Waals surface area contributed by atoms with Crippen LogP contribution >= 0.6 is 24.8 Å². The first kappa shape index (κ1) is 33.7. The summed E-state index contributed by atoms with van der Waals surface area (Å²) in [4.78, 5) is 5.24. The zero-order chi connectivity index (χ0) is 26.1. The van der Waals surface area contributed by atoms with Crippen molar-refractivity contribution in [2.75, 3.05) is 58.6 Å². The minimum absolute atomic E-state index is 0. The van der Waals surface area contributed by atoms with Crippen LogP contribution < -0.4 is 0 Å². The van der Waals surface area contributed by atoms with Gasteiger partial charge in [0.25, 0.3) is 0 Å². The number of aryl methyl sites for hydroxylation is 3. The lowest BCUT2D eigenvalue weighted by Gasteiger charge is -2.41. The number of piperidine rings is 1. The third-order valence-corrected chi connectivity index (χ3v) is 12.5. The molecule has 3 saturated heterocycles. The lowest BCUT2D eigenvalue weighted by Crippen LogP contribution is -2.54. The van der Waals surface area contributed by atoms with Gasteiger partial charge in [-0.15, -0.1) is 24.8 Å². The van der Waals surface area contributed by atoms with Crippen LogP contribution in [0.15, 0.2) is 17.0 Å². The molecule has 3 fully saturated rings. The quantitative estimate of drug-likeness (QED) is 0.447. The van der Waals surface area contributed by atoms with Gasteiger partial charge in [-0.2, -0.15) is 8.61 Å². The zero-order valence-electron chi connectivity index (χ0n) is 23.3. The van der Waals surface area contributed by atoms with Crippen LogP contribution in [0.3, 0.4) is 0 Å². The van der Waals surface area contributed by atoms with Crippen molar-refractivity contribution >= 4 is 44.9 Å². The van der Waals surface area contributed by atoms with Crippen molar-refractivity contribution < 1.29 is 16.8 Å². The molecule has 3 aliphatic rings. The molecule has 0 aliphatic carbocycles. The molecule has 0 N–H and O–H groups in total. The predicted octanol–water partition coefficient (Wildman–Crippen LogP) is 3.43. The van der Waals surface area contributed by atoms with Crippen molar-refractivity contribution in [3.8, 4) is 0 Å². The minimum atomic E-state index is -3.61. The molecule has 38 heavy (non-hydrogen) atoms. The van der Waals surface area contributed by atoms with Gasteiger partial charge in [0.2, 0.25) is 20.0 Å². The van der Waals surface area contributed by atoms with E-state index >= 15 is 0 Å². The van der Waals surface area contributed by atoms with E-state index in [1.165, 1.54) is 0 Å². The van der Waals surface area contributed by atoms with E-state index in [9.17, 15) is 16.8 Å². The number of halogens is 2. The lowest BCUT2D eigenvalue weighted by atomic mass is 10.0. The molecule has 1 aromatic carbocycles. The van der Waals surface area contributed by atoms with Crippen molar-refractivity contribution in [3.63, 3.8) is 0 Å². The molecule has 0 bridgehead atoms. The Hall–Kier alpha value is -0.460. The van der Waals surface area contributed by atoms with Crippen molar-refractivity contribution in [1.82, 2.24) is 18.4 Å². The number of benzene rings is 1. The highest BCUT2D eigenvalue weighted by Gasteiger charge is 2.37. The molecule has 4 rings (SSSR count). The third-order valence-electron chi connectivity index (χ3n) is 8.31. The van der Waals surface area contributed by atoms with E-state index in [-0.39, 0.29) is 36.6 Å². The minimum Gasteiger partial charge on any atom is -0.306 e. The molecule has 0 unspecified atom stereocenters. The van der Waals surface area contributed by atoms with Crippen molar-refractivity contribution in [2.45, 2.75) is 76.3 Å². The molecule has 1 aromatic rings. The molecular formula is C26H46Cl2N4O4S2. The highest BCUT2D eigenvalue weighted by atomic mass is 35.5. The van der Waals surface area contributed by atoms with Crippen molar-refractivity contribution in [1.29, 1.82) is 0 Å². The number of rotatable bonds is 8. The number of hydrogen-bond acceptors (Lipinski definition) is 6. The number of likely N-dealkylation sites (tertiary alicyclic amines) is 1. The van der Waals surface area contributed by atoms with Gasteiger partial charge in [-0.1, -0.05) is 17.7 Å². The van der Waals surface area contributed by atoms with E-state index in [4.69, 9.17) is 0 Å². The fourth-order valence-electron chi connectivity index (χ4n) is 6.44. The Morgan fingerprint density at radius 1 is 0.816 bits per heavy atom. The second-order valence-electron chi connectivity index (χ2n) is 11.1. The first-order valence-electron chi connectivity index (χ1n) is 13.5. The molecule has 220 valence electrons. The smallest absolute Gasteiger partial charge is 0.243 e. The van der Waals surface area contributed by atoms with Gasteiger partial charge in [-0.3, -0.25) is 4.90 Å². The van der Waals surface area contributed by atoms with Crippen LogP contribution in [0.5, 0.6) is 0 Å². The van der Waals surface area contributed by atoms with Crippen LogP contribution in [-0.4, -0.2) is 106 Å². The normalized spacial score (nSPS) is 23.2. The summed E-state index contributed by atoms with van der Waals surface area (Å²) in [5.74, 6) is 0.0915. The summed E-state index contributed by atoms with van der Waals surface area (Å²) in [5.41, 5.74) is 2.61. The maximum absolute atomic E-state index is 13.6. The van der Waals surface area contributed by atoms with Gasteiger partial charge >= 0.3 is 0 Å². The molecule has 0 spiro atoms. The predicted molar refractivity (Wildman–Crippen MR) is 159 cm³/mol. The Labute approximate surface area is 243 Å². The molecule has 1 atom stereocenters. The summed E-state index contributed by atoms with van der Waals surface area (Å²) in [7, 11) is -4.78. The second-order valence-corrected chi connectivity index (χ2v) is 15.0. The van der Waals surface area contributed by atoms with Gasteiger partial charge in [0.1, 0.15) is 0 Å². The van der Waals surface area contributed by atoms with Crippen LogP contribution in [0.1, 0.15) is 55.2 Å². The SMILES string of the molecule is Cc1cc(C)c(S(=O)(=O)N2CCC[C@H]2CCCS(=O)(=O)N2CCN(C3CCN(C)CC3)CC2)c(C)c1.Cl.Cl. The van der Waals surface area contributed by atoms with E-state index in [1.54, 1.807) is 8.61 Å². The third kappa shape index (κ3) is 7.63. The largest absolute Gasteiger partial charge is 0.306 e. The summed E-state index contributed by atoms with van der Waals surface area (Å²) in [6.45, 7) is 11.1. The molecule has 3 aliphatic heterocycles. The van der Waals surface area contributed by atoms with Crippen LogP contribution in [0, 0.1) is 20.8 Å². The molecule has 12 heteroatoms. The summed E-state index contributed by atoms with van der Waals surface area (Å²) < 4.78 is 56.6. The first-order chi connectivity index (χ1) is 17.0. The summed E-state index contributed by atoms with van der Waals surface area (Å²) in [5, 5.41) is 0. The van der Waals surface area contributed by atoms with Gasteiger partial charge < -0.3 is 4.90 Å². The monoisotopic (exact) mass is 612 g/mol. The zero-order valence-corrected chi connectivity index (χ0v) is 26.5. The molecule has 3 heterocycles. The molecule has 0 aromatic heterocycles. The Morgan fingerprint density at radius 2 is 1.39 bits per heavy atom. The van der Waals surface area contributed by atoms with Gasteiger partial charge in [0.15, 0.2) is 0 Å². The Morgan fingerprint density at radius 3 is 1.97 bits per heavy atom. The van der Waals surface area contributed by atoms with Crippen LogP contribution in [0.2, 0.25) is 0 Å². The summed E-state index contributed by atoms with van der Waals surface area (Å²) in [6, 6.07) is 4.28. The summed E-state index contributed by atoms with van der Waals surface area (Å²) >= 11 is 0. The van der Waals surface area contributed by atoms with Gasteiger partial charge in [0.05, 0.1) is 10.6 Å². The summed E-state index contributed by atoms with van der Waals surface area (Å²) in [6.07, 6.45) is 4.99. The molecule has 0 saturated carbocycles. The topological polar surface area (TPSA) is 81.2 Å². The second kappa shape index (κ2) is 13.9. The van der Waals surface area contributed by atoms with Crippen molar-refractivity contribution in [2.24, 2.45) is 0 Å². The van der Waals surface area contributed by atoms with E-state index in [0.29, 0.717) is 43.4 Å². The Balaban J connectivity index is 0.00000253. The van der Waals surface area contributed by atoms with Gasteiger partial charge in [0, 0.05) is 44.8 Å². The molecule has 8 nitrogen and oxygen atoms in total. The van der Waals surface area contributed by atoms with Crippen LogP contribution in [-0.2, 0) is 20.0 Å². The van der Waals surface area contributed by atoms with E-state index < -0.39 is 20.0 Å². The average Bonchev–Trinajstić information content (AvgIpc) is 3.28. The van der Waals surface area contributed by atoms with E-state index in [1.807, 2.05) is 32.9 Å². The van der Waals surface area contributed by atoms with Crippen LogP contribution in [0.4, 0.5) is 0 Å². The van der Waals surface area contributed by atoms with E-state index in [2.05, 4.69) is 16.8 Å². The molecular weight excluding hydrogens is 567 g/mol. The maximum Gasteiger partial charge on any atom is 0.243 e. The van der Waals surface area contributed by atoms with E-state index in [0.717, 1.165) is 68.6 Å². The lowest BCUT2D eigenvalue weighted by molar-refractivity contribution is 0.0892. The Kier molecular flexibility index (Phi) is 12.4. The fourth-order valence-corrected chi connectivity index (χ4v) is 10.1. The highest BCUT2D eigenvalue weighted by molar-refractivity contribution is 7.89. The molecule has 0 amide bonds. The van der Waals surface area contributed by atoms with Gasteiger partial charge in [-0.25, -0.2) is 16.8 Å². The standard InChI is InChI=1S/C26H44N4O4S2.2ClH/c1-21-19-22(2)26(23(3)20-21)36(33,34)30-11-5-7-25(30)8-6-18-35(31,32)29-16-14-28(15-17-29)24-9-12-27(4)13-10-24;;/h19-20,24-25H,5-18H2,1-4H3;2*1H/t25-;;/m0../s1. The Bertz CT molecular complexity index is 1110. The van der Waals surface area contributed by atoms with Crippen LogP contribution in [0.25, 0.3) is 0 Å². The maximum atomic E-state index is 13.6. The number of sulfonamides is 2. The fraction of sp³-hybridized carbons (Fsp3) is 0.769.